The van der Waals surface area contributed by atoms with Crippen LogP contribution in [0.3, 0.4) is 0 Å². The summed E-state index contributed by atoms with van der Waals surface area (Å²) >= 11 is 0. The van der Waals surface area contributed by atoms with Gasteiger partial charge in [-0.25, -0.2) is 4.98 Å². The molecule has 7 aromatic rings. The van der Waals surface area contributed by atoms with Crippen molar-refractivity contribution in [2.75, 3.05) is 0 Å². The first-order valence-corrected chi connectivity index (χ1v) is 12.7. The summed E-state index contributed by atoms with van der Waals surface area (Å²) in [5.41, 5.74) is 10.8. The van der Waals surface area contributed by atoms with Crippen molar-refractivity contribution >= 4 is 22.0 Å². The smallest absolute Gasteiger partial charge is 0.227 e. The number of nitriles is 1. The number of hydrogen-bond acceptors (Lipinski definition) is 4. The van der Waals surface area contributed by atoms with Crippen LogP contribution in [0.25, 0.3) is 66.8 Å². The lowest BCUT2D eigenvalue weighted by Gasteiger charge is -2.08. The van der Waals surface area contributed by atoms with Gasteiger partial charge in [0.15, 0.2) is 5.58 Å². The topological polar surface area (TPSA) is 62.7 Å². The van der Waals surface area contributed by atoms with E-state index in [4.69, 9.17) is 14.7 Å². The van der Waals surface area contributed by atoms with E-state index in [1.165, 1.54) is 0 Å². The molecule has 0 saturated heterocycles. The second-order valence-corrected chi connectivity index (χ2v) is 9.46. The number of rotatable bonds is 4. The summed E-state index contributed by atoms with van der Waals surface area (Å²) in [5, 5.41) is 10.1. The average molecular weight is 500 g/mol. The second-order valence-electron chi connectivity index (χ2n) is 9.46. The minimum absolute atomic E-state index is 0.622. The fourth-order valence-corrected chi connectivity index (χ4v) is 4.85. The molecule has 0 bridgehead atoms. The van der Waals surface area contributed by atoms with Crippen LogP contribution >= 0.6 is 0 Å². The Balaban J connectivity index is 1.13. The Morgan fingerprint density at radius 3 is 1.82 bits per heavy atom. The molecule has 4 heteroatoms. The number of nitrogens with zero attached hydrogens (tertiary/aromatic N) is 3. The van der Waals surface area contributed by atoms with Crippen LogP contribution in [0.4, 0.5) is 0 Å². The zero-order valence-corrected chi connectivity index (χ0v) is 20.9. The van der Waals surface area contributed by atoms with E-state index in [0.29, 0.717) is 11.5 Å². The molecule has 7 rings (SSSR count). The zero-order chi connectivity index (χ0) is 26.2. The number of oxazole rings is 1. The minimum Gasteiger partial charge on any atom is -0.436 e. The minimum atomic E-state index is 0.622. The molecule has 0 radical (unpaired) electrons. The van der Waals surface area contributed by atoms with Gasteiger partial charge in [0.2, 0.25) is 5.89 Å². The normalized spacial score (nSPS) is 11.1. The van der Waals surface area contributed by atoms with Crippen LogP contribution in [-0.2, 0) is 0 Å². The molecule has 0 N–H and O–H groups in total. The summed E-state index contributed by atoms with van der Waals surface area (Å²) in [6, 6.07) is 42.9. The van der Waals surface area contributed by atoms with Gasteiger partial charge in [0.25, 0.3) is 0 Å². The van der Waals surface area contributed by atoms with Crippen LogP contribution in [0.1, 0.15) is 5.56 Å². The molecule has 0 saturated carbocycles. The van der Waals surface area contributed by atoms with Gasteiger partial charge in [-0.2, -0.15) is 5.26 Å². The molecule has 39 heavy (non-hydrogen) atoms. The molecule has 0 spiro atoms. The molecule has 4 nitrogen and oxygen atoms in total. The SMILES string of the molecule is N#Cc1ccc(-c2ccc(-c3ccc4cc(-c5ccc(-c6nc7ccccc7o6)cc5)cnc4c3)cc2)cc1. The molecule has 0 amide bonds. The van der Waals surface area contributed by atoms with Gasteiger partial charge in [0.05, 0.1) is 17.1 Å². The lowest BCUT2D eigenvalue weighted by molar-refractivity contribution is 0.620. The van der Waals surface area contributed by atoms with Gasteiger partial charge in [0.1, 0.15) is 5.52 Å². The second kappa shape index (κ2) is 9.41. The Hall–Kier alpha value is -5.53. The average Bonchev–Trinajstić information content (AvgIpc) is 3.45. The van der Waals surface area contributed by atoms with Gasteiger partial charge in [-0.3, -0.25) is 4.98 Å². The molecule has 2 aromatic heterocycles. The number of fused-ring (bicyclic) bond motifs is 2. The van der Waals surface area contributed by atoms with E-state index >= 15 is 0 Å². The van der Waals surface area contributed by atoms with Crippen LogP contribution in [0, 0.1) is 11.3 Å². The van der Waals surface area contributed by atoms with E-state index in [0.717, 1.165) is 60.9 Å². The molecule has 0 unspecified atom stereocenters. The van der Waals surface area contributed by atoms with Gasteiger partial charge < -0.3 is 4.42 Å². The van der Waals surface area contributed by atoms with Crippen molar-refractivity contribution in [2.45, 2.75) is 0 Å². The van der Waals surface area contributed by atoms with Crippen molar-refractivity contribution in [2.24, 2.45) is 0 Å². The summed E-state index contributed by atoms with van der Waals surface area (Å²) in [6.45, 7) is 0. The number of pyridine rings is 1. The van der Waals surface area contributed by atoms with Crippen LogP contribution in [0.5, 0.6) is 0 Å². The monoisotopic (exact) mass is 499 g/mol. The molecule has 5 aromatic carbocycles. The zero-order valence-electron chi connectivity index (χ0n) is 20.9. The lowest BCUT2D eigenvalue weighted by atomic mass is 9.98. The van der Waals surface area contributed by atoms with Crippen molar-refractivity contribution in [1.82, 2.24) is 9.97 Å². The maximum Gasteiger partial charge on any atom is 0.227 e. The lowest BCUT2D eigenvalue weighted by Crippen LogP contribution is -1.86. The van der Waals surface area contributed by atoms with Gasteiger partial charge >= 0.3 is 0 Å². The Kier molecular flexibility index (Phi) is 5.46. The van der Waals surface area contributed by atoms with Crippen LogP contribution in [0.2, 0.25) is 0 Å². The highest BCUT2D eigenvalue weighted by Gasteiger charge is 2.09. The van der Waals surface area contributed by atoms with Gasteiger partial charge in [0, 0.05) is 22.7 Å². The number of para-hydroxylation sites is 2. The fourth-order valence-electron chi connectivity index (χ4n) is 4.85. The molecule has 0 aliphatic carbocycles. The Bertz CT molecular complexity index is 1960. The van der Waals surface area contributed by atoms with Crippen molar-refractivity contribution in [3.8, 4) is 50.9 Å². The van der Waals surface area contributed by atoms with E-state index in [1.54, 1.807) is 0 Å². The molecule has 2 heterocycles. The largest absolute Gasteiger partial charge is 0.436 e. The molecular formula is C35H21N3O. The Labute approximate surface area is 225 Å². The summed E-state index contributed by atoms with van der Waals surface area (Å²) in [7, 11) is 0. The number of hydrogen-bond donors (Lipinski definition) is 0. The maximum absolute atomic E-state index is 9.02. The Morgan fingerprint density at radius 1 is 0.538 bits per heavy atom. The summed E-state index contributed by atoms with van der Waals surface area (Å²) < 4.78 is 5.91. The molecule has 0 aliphatic rings. The Morgan fingerprint density at radius 2 is 1.13 bits per heavy atom. The molecule has 0 fully saturated rings. The standard InChI is InChI=1S/C35H21N3O/c36-21-23-5-7-24(8-6-23)25-9-11-26(12-10-25)29-17-18-30-19-31(22-37-33(30)20-29)27-13-15-28(16-14-27)35-38-32-3-1-2-4-34(32)39-35/h1-20,22H. The predicted octanol–water partition coefficient (Wildman–Crippen LogP) is 8.92. The van der Waals surface area contributed by atoms with Crippen LogP contribution in [-0.4, -0.2) is 9.97 Å². The van der Waals surface area contributed by atoms with Crippen molar-refractivity contribution in [3.05, 3.63) is 133 Å². The highest BCUT2D eigenvalue weighted by molar-refractivity contribution is 5.88. The predicted molar refractivity (Wildman–Crippen MR) is 156 cm³/mol. The van der Waals surface area contributed by atoms with E-state index in [9.17, 15) is 0 Å². The van der Waals surface area contributed by atoms with E-state index in [-0.39, 0.29) is 0 Å². The number of benzene rings is 5. The molecule has 0 aliphatic heterocycles. The van der Waals surface area contributed by atoms with E-state index in [1.807, 2.05) is 66.9 Å². The number of aromatic nitrogens is 2. The molecular weight excluding hydrogens is 478 g/mol. The molecule has 182 valence electrons. The van der Waals surface area contributed by atoms with Crippen molar-refractivity contribution in [1.29, 1.82) is 5.26 Å². The van der Waals surface area contributed by atoms with Gasteiger partial charge in [-0.15, -0.1) is 0 Å². The van der Waals surface area contributed by atoms with Crippen LogP contribution in [0.15, 0.2) is 132 Å². The van der Waals surface area contributed by atoms with Crippen molar-refractivity contribution in [3.63, 3.8) is 0 Å². The van der Waals surface area contributed by atoms with E-state index < -0.39 is 0 Å². The first-order valence-electron chi connectivity index (χ1n) is 12.7. The van der Waals surface area contributed by atoms with Gasteiger partial charge in [-0.1, -0.05) is 72.8 Å². The third-order valence-electron chi connectivity index (χ3n) is 7.01. The summed E-state index contributed by atoms with van der Waals surface area (Å²) in [5.74, 6) is 0.622. The molecule has 0 atom stereocenters. The first-order chi connectivity index (χ1) is 19.2. The maximum atomic E-state index is 9.02. The summed E-state index contributed by atoms with van der Waals surface area (Å²) in [4.78, 5) is 9.37. The van der Waals surface area contributed by atoms with Crippen LogP contribution < -0.4 is 0 Å². The van der Waals surface area contributed by atoms with E-state index in [2.05, 4.69) is 71.7 Å². The van der Waals surface area contributed by atoms with Gasteiger partial charge in [-0.05, 0) is 76.3 Å². The van der Waals surface area contributed by atoms with Crippen molar-refractivity contribution < 1.29 is 4.42 Å². The first kappa shape index (κ1) is 22.7. The third-order valence-corrected chi connectivity index (χ3v) is 7.01. The highest BCUT2D eigenvalue weighted by atomic mass is 16.3. The quantitative estimate of drug-likeness (QED) is 0.242. The summed E-state index contributed by atoms with van der Waals surface area (Å²) in [6.07, 6.45) is 1.93. The fraction of sp³-hybridized carbons (Fsp3) is 0. The third kappa shape index (κ3) is 4.33. The highest BCUT2D eigenvalue weighted by Crippen LogP contribution is 2.31.